The van der Waals surface area contributed by atoms with Gasteiger partial charge in [-0.05, 0) is 61.4 Å². The summed E-state index contributed by atoms with van der Waals surface area (Å²) in [5.74, 6) is 0. The molecule has 4 aromatic rings. The Morgan fingerprint density at radius 3 is 2.47 bits per heavy atom. The second-order valence-electron chi connectivity index (χ2n) is 7.75. The minimum Gasteiger partial charge on any atom is -0.378 e. The van der Waals surface area contributed by atoms with Crippen molar-refractivity contribution in [2.24, 2.45) is 0 Å². The van der Waals surface area contributed by atoms with Gasteiger partial charge in [0, 0.05) is 46.3 Å². The van der Waals surface area contributed by atoms with Gasteiger partial charge in [-0.1, -0.05) is 30.7 Å². The quantitative estimate of drug-likeness (QED) is 0.345. The standard InChI is InChI=1S/C24H24ClN3O2S2/c1-5-21-22(16-7-6-8-18(14-16)28(3)4)23-20(13-15(2)26-24(23)31-21)27-32(29,30)19-11-9-17(25)10-12-19/h6-14H,5H2,1-4H3,(H,26,27). The fraction of sp³-hybridized carbons (Fsp3) is 0.208. The van der Waals surface area contributed by atoms with Crippen LogP contribution in [0.3, 0.4) is 0 Å². The smallest absolute Gasteiger partial charge is 0.261 e. The van der Waals surface area contributed by atoms with Gasteiger partial charge in [0.15, 0.2) is 0 Å². The van der Waals surface area contributed by atoms with E-state index in [1.165, 1.54) is 17.0 Å². The lowest BCUT2D eigenvalue weighted by Gasteiger charge is -2.15. The van der Waals surface area contributed by atoms with E-state index in [1.807, 2.05) is 27.1 Å². The van der Waals surface area contributed by atoms with Gasteiger partial charge in [0.25, 0.3) is 10.0 Å². The number of thiophene rings is 1. The Balaban J connectivity index is 1.93. The van der Waals surface area contributed by atoms with E-state index in [4.69, 9.17) is 16.6 Å². The normalized spacial score (nSPS) is 11.7. The summed E-state index contributed by atoms with van der Waals surface area (Å²) in [6.07, 6.45) is 0.824. The van der Waals surface area contributed by atoms with Gasteiger partial charge >= 0.3 is 0 Å². The van der Waals surface area contributed by atoms with Gasteiger partial charge in [0.1, 0.15) is 4.83 Å². The molecule has 32 heavy (non-hydrogen) atoms. The summed E-state index contributed by atoms with van der Waals surface area (Å²) in [4.78, 5) is 8.92. The van der Waals surface area contributed by atoms with E-state index in [0.29, 0.717) is 10.7 Å². The summed E-state index contributed by atoms with van der Waals surface area (Å²) in [5, 5.41) is 1.31. The molecule has 0 aliphatic rings. The minimum atomic E-state index is -3.80. The van der Waals surface area contributed by atoms with E-state index < -0.39 is 10.0 Å². The highest BCUT2D eigenvalue weighted by molar-refractivity contribution is 7.92. The van der Waals surface area contributed by atoms with Crippen LogP contribution in [0, 0.1) is 6.92 Å². The highest BCUT2D eigenvalue weighted by Crippen LogP contribution is 2.43. The van der Waals surface area contributed by atoms with Crippen LogP contribution in [0.5, 0.6) is 0 Å². The van der Waals surface area contributed by atoms with Crippen LogP contribution in [0.1, 0.15) is 17.5 Å². The van der Waals surface area contributed by atoms with Crippen molar-refractivity contribution < 1.29 is 8.42 Å². The second kappa shape index (κ2) is 8.73. The minimum absolute atomic E-state index is 0.159. The van der Waals surface area contributed by atoms with Crippen molar-refractivity contribution in [3.63, 3.8) is 0 Å². The Labute approximate surface area is 197 Å². The van der Waals surface area contributed by atoms with Crippen LogP contribution in [0.25, 0.3) is 21.3 Å². The first-order valence-electron chi connectivity index (χ1n) is 10.2. The van der Waals surface area contributed by atoms with E-state index in [0.717, 1.165) is 39.1 Å². The van der Waals surface area contributed by atoms with Crippen molar-refractivity contribution in [3.8, 4) is 11.1 Å². The van der Waals surface area contributed by atoms with Gasteiger partial charge in [-0.15, -0.1) is 11.3 Å². The Morgan fingerprint density at radius 2 is 1.81 bits per heavy atom. The third-order valence-corrected chi connectivity index (χ3v) is 8.06. The molecule has 0 saturated heterocycles. The average Bonchev–Trinajstić information content (AvgIpc) is 3.12. The number of aryl methyl sites for hydroxylation is 2. The van der Waals surface area contributed by atoms with E-state index in [1.54, 1.807) is 29.5 Å². The molecular weight excluding hydrogens is 462 g/mol. The molecule has 8 heteroatoms. The largest absolute Gasteiger partial charge is 0.378 e. The molecule has 0 saturated carbocycles. The van der Waals surface area contributed by atoms with E-state index in [-0.39, 0.29) is 4.90 Å². The number of pyridine rings is 1. The molecule has 0 unspecified atom stereocenters. The summed E-state index contributed by atoms with van der Waals surface area (Å²) >= 11 is 7.55. The Bertz CT molecular complexity index is 1400. The molecule has 0 aliphatic heterocycles. The fourth-order valence-corrected chi connectivity index (χ4v) is 6.05. The van der Waals surface area contributed by atoms with Gasteiger partial charge in [-0.3, -0.25) is 4.72 Å². The number of fused-ring (bicyclic) bond motifs is 1. The first-order valence-corrected chi connectivity index (χ1v) is 12.9. The summed E-state index contributed by atoms with van der Waals surface area (Å²) in [7, 11) is 0.208. The average molecular weight is 486 g/mol. The van der Waals surface area contributed by atoms with Crippen LogP contribution in [-0.4, -0.2) is 27.5 Å². The van der Waals surface area contributed by atoms with Crippen LogP contribution in [0.2, 0.25) is 5.02 Å². The summed E-state index contributed by atoms with van der Waals surface area (Å²) in [6, 6.07) is 16.2. The van der Waals surface area contributed by atoms with Crippen molar-refractivity contribution in [2.75, 3.05) is 23.7 Å². The number of aromatic nitrogens is 1. The Morgan fingerprint density at radius 1 is 1.09 bits per heavy atom. The molecule has 2 aromatic heterocycles. The predicted octanol–water partition coefficient (Wildman–Crippen LogP) is 6.35. The SMILES string of the molecule is CCc1sc2nc(C)cc(NS(=O)(=O)c3ccc(Cl)cc3)c2c1-c1cccc(N(C)C)c1. The molecule has 0 spiro atoms. The third kappa shape index (κ3) is 4.33. The van der Waals surface area contributed by atoms with Gasteiger partial charge in [0.2, 0.25) is 0 Å². The molecule has 0 radical (unpaired) electrons. The van der Waals surface area contributed by atoms with Crippen molar-refractivity contribution in [1.29, 1.82) is 0 Å². The van der Waals surface area contributed by atoms with Crippen molar-refractivity contribution in [1.82, 2.24) is 4.98 Å². The van der Waals surface area contributed by atoms with Crippen molar-refractivity contribution >= 4 is 54.6 Å². The fourth-order valence-electron chi connectivity index (χ4n) is 3.66. The second-order valence-corrected chi connectivity index (χ2v) is 11.0. The molecule has 0 atom stereocenters. The van der Waals surface area contributed by atoms with Gasteiger partial charge in [0.05, 0.1) is 10.6 Å². The van der Waals surface area contributed by atoms with Crippen LogP contribution in [-0.2, 0) is 16.4 Å². The number of nitrogens with zero attached hydrogens (tertiary/aromatic N) is 2. The summed E-state index contributed by atoms with van der Waals surface area (Å²) in [6.45, 7) is 3.98. The maximum Gasteiger partial charge on any atom is 0.261 e. The third-order valence-electron chi connectivity index (χ3n) is 5.20. The number of nitrogens with one attached hydrogen (secondary N) is 1. The first kappa shape index (κ1) is 22.6. The monoisotopic (exact) mass is 485 g/mol. The molecule has 1 N–H and O–H groups in total. The maximum atomic E-state index is 13.2. The molecule has 0 amide bonds. The highest BCUT2D eigenvalue weighted by atomic mass is 35.5. The number of anilines is 2. The lowest BCUT2D eigenvalue weighted by atomic mass is 10.00. The van der Waals surface area contributed by atoms with E-state index in [2.05, 4.69) is 34.7 Å². The molecule has 4 rings (SSSR count). The molecule has 5 nitrogen and oxygen atoms in total. The number of hydrogen-bond donors (Lipinski definition) is 1. The summed E-state index contributed by atoms with van der Waals surface area (Å²) < 4.78 is 29.1. The van der Waals surface area contributed by atoms with Gasteiger partial charge < -0.3 is 4.90 Å². The number of benzene rings is 2. The predicted molar refractivity (Wildman–Crippen MR) is 136 cm³/mol. The molecular formula is C24H24ClN3O2S2. The Kier molecular flexibility index (Phi) is 6.16. The van der Waals surface area contributed by atoms with Crippen molar-refractivity contribution in [2.45, 2.75) is 25.2 Å². The molecule has 0 bridgehead atoms. The van der Waals surface area contributed by atoms with E-state index in [9.17, 15) is 8.42 Å². The molecule has 2 heterocycles. The van der Waals surface area contributed by atoms with E-state index >= 15 is 0 Å². The number of hydrogen-bond acceptors (Lipinski definition) is 5. The van der Waals surface area contributed by atoms with Crippen LogP contribution in [0.4, 0.5) is 11.4 Å². The number of halogens is 1. The van der Waals surface area contributed by atoms with Crippen molar-refractivity contribution in [3.05, 3.63) is 70.2 Å². The van der Waals surface area contributed by atoms with Gasteiger partial charge in [-0.25, -0.2) is 13.4 Å². The molecule has 166 valence electrons. The number of rotatable bonds is 6. The lowest BCUT2D eigenvalue weighted by molar-refractivity contribution is 0.601. The summed E-state index contributed by atoms with van der Waals surface area (Å²) in [5.41, 5.74) is 4.43. The first-order chi connectivity index (χ1) is 15.2. The maximum absolute atomic E-state index is 13.2. The van der Waals surface area contributed by atoms with Gasteiger partial charge in [-0.2, -0.15) is 0 Å². The molecule has 0 fully saturated rings. The highest BCUT2D eigenvalue weighted by Gasteiger charge is 2.22. The lowest BCUT2D eigenvalue weighted by Crippen LogP contribution is -2.13. The zero-order valence-corrected chi connectivity index (χ0v) is 20.7. The zero-order valence-electron chi connectivity index (χ0n) is 18.3. The number of sulfonamides is 1. The van der Waals surface area contributed by atoms with Crippen LogP contribution >= 0.6 is 22.9 Å². The zero-order chi connectivity index (χ0) is 23.0. The van der Waals surface area contributed by atoms with Crippen LogP contribution < -0.4 is 9.62 Å². The van der Waals surface area contributed by atoms with Crippen LogP contribution in [0.15, 0.2) is 59.5 Å². The molecule has 2 aromatic carbocycles. The topological polar surface area (TPSA) is 62.3 Å². The Hall–Kier alpha value is -2.61. The molecule has 0 aliphatic carbocycles.